The first-order valence-electron chi connectivity index (χ1n) is 7.51. The zero-order chi connectivity index (χ0) is 14.5. The number of carbonyl (C=O) groups excluding carboxylic acids is 1. The van der Waals surface area contributed by atoms with Crippen molar-refractivity contribution in [2.24, 2.45) is 5.92 Å². The third-order valence-corrected chi connectivity index (χ3v) is 4.11. The number of nitrogens with zero attached hydrogens (tertiary/aromatic N) is 1. The van der Waals surface area contributed by atoms with E-state index in [0.29, 0.717) is 31.5 Å². The fourth-order valence-corrected chi connectivity index (χ4v) is 2.84. The molecule has 1 aromatic carbocycles. The van der Waals surface area contributed by atoms with E-state index >= 15 is 0 Å². The third kappa shape index (κ3) is 3.60. The van der Waals surface area contributed by atoms with Crippen LogP contribution < -0.4 is 0 Å². The van der Waals surface area contributed by atoms with Crippen molar-refractivity contribution in [1.29, 1.82) is 0 Å². The van der Waals surface area contributed by atoms with Gasteiger partial charge in [0.1, 0.15) is 0 Å². The van der Waals surface area contributed by atoms with E-state index in [1.807, 2.05) is 23.1 Å². The van der Waals surface area contributed by atoms with Crippen molar-refractivity contribution in [2.75, 3.05) is 19.8 Å². The van der Waals surface area contributed by atoms with Gasteiger partial charge in [-0.15, -0.1) is 0 Å². The highest BCUT2D eigenvalue weighted by Gasteiger charge is 2.27. The molecule has 0 N–H and O–H groups in total. The highest BCUT2D eigenvalue weighted by Crippen LogP contribution is 2.29. The Kier molecular flexibility index (Phi) is 5.18. The van der Waals surface area contributed by atoms with Crippen LogP contribution in [0.15, 0.2) is 30.3 Å². The van der Waals surface area contributed by atoms with Gasteiger partial charge in [0.05, 0.1) is 19.3 Å². The Morgan fingerprint density at radius 3 is 2.65 bits per heavy atom. The van der Waals surface area contributed by atoms with Gasteiger partial charge in [-0.25, -0.2) is 0 Å². The molecule has 1 aliphatic rings. The number of carbonyl (C=O) groups is 1. The molecule has 1 aliphatic heterocycles. The number of amides is 1. The molecule has 0 radical (unpaired) electrons. The lowest BCUT2D eigenvalue weighted by atomic mass is 9.85. The summed E-state index contributed by atoms with van der Waals surface area (Å²) in [7, 11) is 0. The monoisotopic (exact) mass is 275 g/mol. The van der Waals surface area contributed by atoms with E-state index in [1.54, 1.807) is 0 Å². The quantitative estimate of drug-likeness (QED) is 0.845. The summed E-state index contributed by atoms with van der Waals surface area (Å²) < 4.78 is 5.41. The Morgan fingerprint density at radius 1 is 1.35 bits per heavy atom. The average Bonchev–Trinajstić information content (AvgIpc) is 2.45. The zero-order valence-corrected chi connectivity index (χ0v) is 12.7. The van der Waals surface area contributed by atoms with Crippen LogP contribution in [0.25, 0.3) is 0 Å². The highest BCUT2D eigenvalue weighted by molar-refractivity contribution is 5.77. The van der Waals surface area contributed by atoms with E-state index in [0.717, 1.165) is 6.54 Å². The second-order valence-electron chi connectivity index (χ2n) is 5.98. The summed E-state index contributed by atoms with van der Waals surface area (Å²) in [4.78, 5) is 14.5. The zero-order valence-electron chi connectivity index (χ0n) is 12.7. The van der Waals surface area contributed by atoms with E-state index in [2.05, 4.69) is 32.9 Å². The van der Waals surface area contributed by atoms with Gasteiger partial charge >= 0.3 is 0 Å². The average molecular weight is 275 g/mol. The van der Waals surface area contributed by atoms with Crippen molar-refractivity contribution >= 4 is 5.91 Å². The summed E-state index contributed by atoms with van der Waals surface area (Å²) in [6, 6.07) is 10.6. The molecular formula is C17H25NO2. The molecule has 2 unspecified atom stereocenters. The van der Waals surface area contributed by atoms with Gasteiger partial charge in [0, 0.05) is 13.0 Å². The van der Waals surface area contributed by atoms with Gasteiger partial charge < -0.3 is 9.64 Å². The van der Waals surface area contributed by atoms with E-state index in [1.165, 1.54) is 5.56 Å². The molecule has 1 amide bonds. The molecule has 2 atom stereocenters. The minimum absolute atomic E-state index is 0.194. The fourth-order valence-electron chi connectivity index (χ4n) is 2.84. The molecule has 20 heavy (non-hydrogen) atoms. The second kappa shape index (κ2) is 6.89. The SMILES string of the molecule is CC(C)C(CC(=O)N1CCOCC1C)c1ccccc1. The van der Waals surface area contributed by atoms with Crippen LogP contribution in [0.4, 0.5) is 0 Å². The summed E-state index contributed by atoms with van der Waals surface area (Å²) in [6.45, 7) is 8.47. The molecule has 1 saturated heterocycles. The van der Waals surface area contributed by atoms with Gasteiger partial charge in [0.2, 0.25) is 5.91 Å². The van der Waals surface area contributed by atoms with Crippen molar-refractivity contribution in [2.45, 2.75) is 39.2 Å². The molecule has 0 bridgehead atoms. The topological polar surface area (TPSA) is 29.5 Å². The number of ether oxygens (including phenoxy) is 1. The van der Waals surface area contributed by atoms with Crippen molar-refractivity contribution in [1.82, 2.24) is 4.90 Å². The molecule has 0 spiro atoms. The van der Waals surface area contributed by atoms with Crippen LogP contribution in [-0.4, -0.2) is 36.6 Å². The van der Waals surface area contributed by atoms with Crippen LogP contribution in [0.1, 0.15) is 38.7 Å². The Balaban J connectivity index is 2.06. The molecule has 3 nitrogen and oxygen atoms in total. The molecule has 0 aliphatic carbocycles. The van der Waals surface area contributed by atoms with Crippen LogP contribution >= 0.6 is 0 Å². The van der Waals surface area contributed by atoms with Crippen molar-refractivity contribution in [3.05, 3.63) is 35.9 Å². The highest BCUT2D eigenvalue weighted by atomic mass is 16.5. The van der Waals surface area contributed by atoms with E-state index in [4.69, 9.17) is 4.74 Å². The van der Waals surface area contributed by atoms with Crippen LogP contribution in [0, 0.1) is 5.92 Å². The van der Waals surface area contributed by atoms with Crippen LogP contribution in [-0.2, 0) is 9.53 Å². The summed E-state index contributed by atoms with van der Waals surface area (Å²) in [5.74, 6) is 1.000. The summed E-state index contributed by atoms with van der Waals surface area (Å²) in [6.07, 6.45) is 0.589. The van der Waals surface area contributed by atoms with Crippen LogP contribution in [0.2, 0.25) is 0 Å². The maximum absolute atomic E-state index is 12.6. The predicted octanol–water partition coefficient (Wildman–Crippen LogP) is 3.06. The summed E-state index contributed by atoms with van der Waals surface area (Å²) in [5, 5.41) is 0. The number of hydrogen-bond acceptors (Lipinski definition) is 2. The van der Waals surface area contributed by atoms with Gasteiger partial charge in [-0.05, 0) is 24.3 Å². The number of hydrogen-bond donors (Lipinski definition) is 0. The van der Waals surface area contributed by atoms with Gasteiger partial charge in [-0.3, -0.25) is 4.79 Å². The smallest absolute Gasteiger partial charge is 0.223 e. The Bertz CT molecular complexity index is 430. The van der Waals surface area contributed by atoms with Crippen LogP contribution in [0.5, 0.6) is 0 Å². The van der Waals surface area contributed by atoms with Gasteiger partial charge in [0.15, 0.2) is 0 Å². The van der Waals surface area contributed by atoms with E-state index < -0.39 is 0 Å². The maximum Gasteiger partial charge on any atom is 0.223 e. The Hall–Kier alpha value is -1.35. The lowest BCUT2D eigenvalue weighted by Crippen LogP contribution is -2.47. The standard InChI is InChI=1S/C17H25NO2/c1-13(2)16(15-7-5-4-6-8-15)11-17(19)18-9-10-20-12-14(18)3/h4-8,13-14,16H,9-12H2,1-3H3. The van der Waals surface area contributed by atoms with E-state index in [9.17, 15) is 4.79 Å². The maximum atomic E-state index is 12.6. The minimum Gasteiger partial charge on any atom is -0.377 e. The predicted molar refractivity (Wildman–Crippen MR) is 80.6 cm³/mol. The lowest BCUT2D eigenvalue weighted by Gasteiger charge is -2.35. The first kappa shape index (κ1) is 15.0. The molecule has 110 valence electrons. The number of morpholine rings is 1. The normalized spacial score (nSPS) is 21.0. The Morgan fingerprint density at radius 2 is 2.05 bits per heavy atom. The van der Waals surface area contributed by atoms with Crippen molar-refractivity contribution in [3.8, 4) is 0 Å². The molecular weight excluding hydrogens is 250 g/mol. The lowest BCUT2D eigenvalue weighted by molar-refractivity contribution is -0.139. The van der Waals surface area contributed by atoms with Gasteiger partial charge in [-0.1, -0.05) is 44.2 Å². The fraction of sp³-hybridized carbons (Fsp3) is 0.588. The molecule has 0 saturated carbocycles. The Labute approximate surface area is 121 Å². The van der Waals surface area contributed by atoms with E-state index in [-0.39, 0.29) is 11.9 Å². The van der Waals surface area contributed by atoms with Gasteiger partial charge in [-0.2, -0.15) is 0 Å². The minimum atomic E-state index is 0.194. The van der Waals surface area contributed by atoms with Crippen LogP contribution in [0.3, 0.4) is 0 Å². The number of benzene rings is 1. The molecule has 1 aromatic rings. The largest absolute Gasteiger partial charge is 0.377 e. The summed E-state index contributed by atoms with van der Waals surface area (Å²) in [5.41, 5.74) is 1.26. The second-order valence-corrected chi connectivity index (χ2v) is 5.98. The first-order valence-corrected chi connectivity index (χ1v) is 7.51. The molecule has 0 aromatic heterocycles. The molecule has 1 heterocycles. The first-order chi connectivity index (χ1) is 9.59. The third-order valence-electron chi connectivity index (χ3n) is 4.11. The molecule has 1 fully saturated rings. The summed E-state index contributed by atoms with van der Waals surface area (Å²) >= 11 is 0. The molecule has 3 heteroatoms. The number of rotatable bonds is 4. The van der Waals surface area contributed by atoms with Crippen molar-refractivity contribution < 1.29 is 9.53 Å². The van der Waals surface area contributed by atoms with Crippen molar-refractivity contribution in [3.63, 3.8) is 0 Å². The van der Waals surface area contributed by atoms with Gasteiger partial charge in [0.25, 0.3) is 0 Å². The molecule has 2 rings (SSSR count).